The van der Waals surface area contributed by atoms with Gasteiger partial charge >= 0.3 is 12.1 Å². The van der Waals surface area contributed by atoms with Gasteiger partial charge in [0.2, 0.25) is 5.82 Å². The van der Waals surface area contributed by atoms with Crippen LogP contribution in [0.5, 0.6) is 11.5 Å². The number of anilines is 2. The van der Waals surface area contributed by atoms with Crippen LogP contribution in [-0.2, 0) is 6.18 Å². The predicted molar refractivity (Wildman–Crippen MR) is 94.3 cm³/mol. The number of rotatable bonds is 5. The van der Waals surface area contributed by atoms with E-state index in [9.17, 15) is 18.0 Å². The lowest BCUT2D eigenvalue weighted by Gasteiger charge is -2.15. The summed E-state index contributed by atoms with van der Waals surface area (Å²) in [7, 11) is 2.74. The van der Waals surface area contributed by atoms with Crippen molar-refractivity contribution in [3.8, 4) is 11.5 Å². The number of ether oxygens (including phenoxy) is 2. The molecule has 0 saturated heterocycles. The van der Waals surface area contributed by atoms with E-state index in [1.807, 2.05) is 0 Å². The third kappa shape index (κ3) is 3.75. The summed E-state index contributed by atoms with van der Waals surface area (Å²) >= 11 is 0. The molecule has 0 spiro atoms. The molecular formula is C18H14F3N3O4. The number of benzene rings is 2. The van der Waals surface area contributed by atoms with E-state index in [-0.39, 0.29) is 39.5 Å². The van der Waals surface area contributed by atoms with Gasteiger partial charge in [0, 0.05) is 17.1 Å². The summed E-state index contributed by atoms with van der Waals surface area (Å²) < 4.78 is 50.0. The van der Waals surface area contributed by atoms with Gasteiger partial charge in [-0.1, -0.05) is 6.07 Å². The molecule has 0 radical (unpaired) electrons. The first-order valence-electron chi connectivity index (χ1n) is 7.84. The second-order valence-corrected chi connectivity index (χ2v) is 5.63. The van der Waals surface area contributed by atoms with E-state index in [0.717, 1.165) is 0 Å². The van der Waals surface area contributed by atoms with Crippen molar-refractivity contribution in [2.24, 2.45) is 0 Å². The van der Waals surface area contributed by atoms with Crippen molar-refractivity contribution in [2.75, 3.05) is 19.5 Å². The number of hydrogen-bond donors (Lipinski definition) is 2. The molecule has 0 bridgehead atoms. The van der Waals surface area contributed by atoms with E-state index in [2.05, 4.69) is 15.3 Å². The third-order valence-electron chi connectivity index (χ3n) is 3.83. The molecule has 146 valence electrons. The lowest BCUT2D eigenvalue weighted by Crippen LogP contribution is -2.13. The minimum Gasteiger partial charge on any atom is -0.493 e. The maximum Gasteiger partial charge on any atom is 0.451 e. The fourth-order valence-corrected chi connectivity index (χ4v) is 2.54. The number of fused-ring (bicyclic) bond motifs is 1. The number of carboxylic acid groups (broad SMARTS) is 1. The van der Waals surface area contributed by atoms with Crippen molar-refractivity contribution in [1.82, 2.24) is 9.97 Å². The Bertz CT molecular complexity index is 1050. The SMILES string of the molecule is COc1cc2nc(C(F)(F)F)nc(Nc3cccc(C(=O)O)c3)c2cc1OC. The molecule has 0 unspecified atom stereocenters. The largest absolute Gasteiger partial charge is 0.493 e. The first-order chi connectivity index (χ1) is 13.2. The minimum atomic E-state index is -4.78. The van der Waals surface area contributed by atoms with Crippen LogP contribution in [-0.4, -0.2) is 35.3 Å². The molecule has 0 aliphatic carbocycles. The summed E-state index contributed by atoms with van der Waals surface area (Å²) in [5.41, 5.74) is 0.207. The van der Waals surface area contributed by atoms with Gasteiger partial charge in [-0.3, -0.25) is 0 Å². The van der Waals surface area contributed by atoms with Gasteiger partial charge in [0.1, 0.15) is 5.82 Å². The summed E-state index contributed by atoms with van der Waals surface area (Å²) in [4.78, 5) is 18.3. The lowest BCUT2D eigenvalue weighted by molar-refractivity contribution is -0.144. The Kier molecular flexibility index (Phi) is 4.95. The molecule has 0 aliphatic rings. The van der Waals surface area contributed by atoms with Gasteiger partial charge in [-0.25, -0.2) is 14.8 Å². The number of nitrogens with one attached hydrogen (secondary N) is 1. The highest BCUT2D eigenvalue weighted by molar-refractivity contribution is 5.94. The number of aromatic carboxylic acids is 1. The van der Waals surface area contributed by atoms with Crippen LogP contribution in [0.1, 0.15) is 16.2 Å². The zero-order valence-corrected chi connectivity index (χ0v) is 14.7. The molecule has 10 heteroatoms. The molecule has 0 saturated carbocycles. The van der Waals surface area contributed by atoms with Gasteiger partial charge in [0.25, 0.3) is 0 Å². The van der Waals surface area contributed by atoms with Crippen LogP contribution < -0.4 is 14.8 Å². The molecule has 0 amide bonds. The highest BCUT2D eigenvalue weighted by Gasteiger charge is 2.35. The Morgan fingerprint density at radius 3 is 2.36 bits per heavy atom. The molecule has 7 nitrogen and oxygen atoms in total. The molecular weight excluding hydrogens is 379 g/mol. The Morgan fingerprint density at radius 2 is 1.75 bits per heavy atom. The third-order valence-corrected chi connectivity index (χ3v) is 3.83. The molecule has 0 atom stereocenters. The molecule has 0 aliphatic heterocycles. The van der Waals surface area contributed by atoms with Crippen LogP contribution in [0.15, 0.2) is 36.4 Å². The number of nitrogens with zero attached hydrogens (tertiary/aromatic N) is 2. The van der Waals surface area contributed by atoms with Crippen molar-refractivity contribution < 1.29 is 32.5 Å². The molecule has 28 heavy (non-hydrogen) atoms. The molecule has 3 aromatic rings. The zero-order valence-electron chi connectivity index (χ0n) is 14.7. The van der Waals surface area contributed by atoms with E-state index in [1.165, 1.54) is 50.6 Å². The second kappa shape index (κ2) is 7.22. The number of carbonyl (C=O) groups is 1. The summed E-state index contributed by atoms with van der Waals surface area (Å²) in [6.07, 6.45) is -4.78. The van der Waals surface area contributed by atoms with Crippen LogP contribution in [0.2, 0.25) is 0 Å². The predicted octanol–water partition coefficient (Wildman–Crippen LogP) is 4.11. The summed E-state index contributed by atoms with van der Waals surface area (Å²) in [5, 5.41) is 12.1. The number of methoxy groups -OCH3 is 2. The van der Waals surface area contributed by atoms with E-state index < -0.39 is 18.0 Å². The first kappa shape index (κ1) is 19.2. The van der Waals surface area contributed by atoms with Crippen molar-refractivity contribution >= 4 is 28.4 Å². The molecule has 2 aromatic carbocycles. The van der Waals surface area contributed by atoms with Gasteiger partial charge in [-0.05, 0) is 24.3 Å². The molecule has 3 rings (SSSR count). The Morgan fingerprint density at radius 1 is 1.07 bits per heavy atom. The van der Waals surface area contributed by atoms with Gasteiger partial charge in [0.15, 0.2) is 11.5 Å². The monoisotopic (exact) mass is 393 g/mol. The summed E-state index contributed by atoms with van der Waals surface area (Å²) in [6.45, 7) is 0. The topological polar surface area (TPSA) is 93.6 Å². The Labute approximate surface area is 156 Å². The standard InChI is InChI=1S/C18H14F3N3O4/c1-27-13-7-11-12(8-14(13)28-2)23-17(18(19,20)21)24-15(11)22-10-5-3-4-9(6-10)16(25)26/h3-8H,1-2H3,(H,25,26)(H,22,23,24). The van der Waals surface area contributed by atoms with E-state index in [1.54, 1.807) is 0 Å². The normalized spacial score (nSPS) is 11.3. The average Bonchev–Trinajstić information content (AvgIpc) is 2.66. The molecule has 0 fully saturated rings. The van der Waals surface area contributed by atoms with E-state index in [0.29, 0.717) is 0 Å². The maximum atomic E-state index is 13.2. The van der Waals surface area contributed by atoms with Gasteiger partial charge in [0.05, 0.1) is 25.3 Å². The first-order valence-corrected chi connectivity index (χ1v) is 7.84. The smallest absolute Gasteiger partial charge is 0.451 e. The average molecular weight is 393 g/mol. The van der Waals surface area contributed by atoms with Crippen LogP contribution in [0.4, 0.5) is 24.7 Å². The Balaban J connectivity index is 2.21. The maximum absolute atomic E-state index is 13.2. The lowest BCUT2D eigenvalue weighted by atomic mass is 10.1. The van der Waals surface area contributed by atoms with Crippen molar-refractivity contribution in [1.29, 1.82) is 0 Å². The van der Waals surface area contributed by atoms with Gasteiger partial charge in [-0.15, -0.1) is 0 Å². The van der Waals surface area contributed by atoms with Crippen molar-refractivity contribution in [3.63, 3.8) is 0 Å². The zero-order chi connectivity index (χ0) is 20.5. The summed E-state index contributed by atoms with van der Waals surface area (Å²) in [5.74, 6) is -2.18. The highest BCUT2D eigenvalue weighted by atomic mass is 19.4. The quantitative estimate of drug-likeness (QED) is 0.674. The summed E-state index contributed by atoms with van der Waals surface area (Å²) in [6, 6.07) is 8.37. The fourth-order valence-electron chi connectivity index (χ4n) is 2.54. The number of alkyl halides is 3. The molecule has 1 aromatic heterocycles. The number of aromatic nitrogens is 2. The highest BCUT2D eigenvalue weighted by Crippen LogP contribution is 2.37. The fraction of sp³-hybridized carbons (Fsp3) is 0.167. The van der Waals surface area contributed by atoms with Gasteiger partial charge in [-0.2, -0.15) is 13.2 Å². The van der Waals surface area contributed by atoms with Crippen molar-refractivity contribution in [3.05, 3.63) is 47.8 Å². The molecule has 1 heterocycles. The van der Waals surface area contributed by atoms with Gasteiger partial charge < -0.3 is 19.9 Å². The number of hydrogen-bond acceptors (Lipinski definition) is 6. The van der Waals surface area contributed by atoms with E-state index >= 15 is 0 Å². The second-order valence-electron chi connectivity index (χ2n) is 5.63. The van der Waals surface area contributed by atoms with Crippen LogP contribution in [0.3, 0.4) is 0 Å². The van der Waals surface area contributed by atoms with Crippen LogP contribution >= 0.6 is 0 Å². The minimum absolute atomic E-state index is 0.0168. The van der Waals surface area contributed by atoms with Crippen molar-refractivity contribution in [2.45, 2.75) is 6.18 Å². The number of carboxylic acids is 1. The van der Waals surface area contributed by atoms with Crippen LogP contribution in [0.25, 0.3) is 10.9 Å². The Hall–Kier alpha value is -3.56. The molecule has 2 N–H and O–H groups in total. The number of halogens is 3. The van der Waals surface area contributed by atoms with Crippen LogP contribution in [0, 0.1) is 0 Å². The van der Waals surface area contributed by atoms with E-state index in [4.69, 9.17) is 14.6 Å².